The van der Waals surface area contributed by atoms with Crippen LogP contribution in [0.2, 0.25) is 0 Å². The molecule has 0 aromatic rings. The van der Waals surface area contributed by atoms with Crippen LogP contribution in [0.25, 0.3) is 0 Å². The monoisotopic (exact) mass is 258 g/mol. The van der Waals surface area contributed by atoms with Gasteiger partial charge in [0.2, 0.25) is 5.91 Å². The molecule has 4 heteroatoms. The van der Waals surface area contributed by atoms with Gasteiger partial charge >= 0.3 is 0 Å². The van der Waals surface area contributed by atoms with Gasteiger partial charge in [0.05, 0.1) is 6.61 Å². The average molecular weight is 258 g/mol. The van der Waals surface area contributed by atoms with Crippen LogP contribution in [0.3, 0.4) is 0 Å². The van der Waals surface area contributed by atoms with Crippen LogP contribution in [-0.2, 0) is 4.79 Å². The summed E-state index contributed by atoms with van der Waals surface area (Å²) in [6.07, 6.45) is 5.66. The Bertz CT molecular complexity index is 210. The summed E-state index contributed by atoms with van der Waals surface area (Å²) < 4.78 is 0. The number of hydrogen-bond acceptors (Lipinski definition) is 3. The summed E-state index contributed by atoms with van der Waals surface area (Å²) >= 11 is 0. The molecule has 3 N–H and O–H groups in total. The molecule has 1 amide bonds. The number of aliphatic hydroxyl groups excluding tert-OH is 1. The summed E-state index contributed by atoms with van der Waals surface area (Å²) in [4.78, 5) is 13.8. The summed E-state index contributed by atoms with van der Waals surface area (Å²) in [7, 11) is 0. The van der Waals surface area contributed by atoms with Crippen molar-refractivity contribution in [3.63, 3.8) is 0 Å². The molecular formula is C14H30N2O2. The zero-order valence-corrected chi connectivity index (χ0v) is 12.0. The van der Waals surface area contributed by atoms with Crippen molar-refractivity contribution in [3.8, 4) is 0 Å². The van der Waals surface area contributed by atoms with Crippen molar-refractivity contribution in [2.24, 2.45) is 11.7 Å². The molecule has 4 nitrogen and oxygen atoms in total. The molecule has 0 radical (unpaired) electrons. The first-order valence-corrected chi connectivity index (χ1v) is 7.28. The standard InChI is InChI=1S/C14H30N2O2/c1-3-5-10-16(11-12-17)14(18)7-6-13(4-2)8-9-15/h13,17H,3-12,15H2,1-2H3. The number of amides is 1. The second-order valence-electron chi connectivity index (χ2n) is 4.85. The third kappa shape index (κ3) is 7.67. The van der Waals surface area contributed by atoms with Crippen molar-refractivity contribution in [2.75, 3.05) is 26.2 Å². The van der Waals surface area contributed by atoms with Gasteiger partial charge in [-0.15, -0.1) is 0 Å². The molecule has 0 aromatic carbocycles. The van der Waals surface area contributed by atoms with E-state index in [2.05, 4.69) is 13.8 Å². The number of carbonyl (C=O) groups is 1. The van der Waals surface area contributed by atoms with Gasteiger partial charge in [0.1, 0.15) is 0 Å². The van der Waals surface area contributed by atoms with Gasteiger partial charge in [-0.05, 0) is 31.7 Å². The lowest BCUT2D eigenvalue weighted by atomic mass is 9.96. The summed E-state index contributed by atoms with van der Waals surface area (Å²) in [6, 6.07) is 0. The zero-order chi connectivity index (χ0) is 13.8. The van der Waals surface area contributed by atoms with Gasteiger partial charge in [0, 0.05) is 19.5 Å². The fourth-order valence-corrected chi connectivity index (χ4v) is 2.10. The van der Waals surface area contributed by atoms with Crippen LogP contribution in [-0.4, -0.2) is 42.2 Å². The van der Waals surface area contributed by atoms with Gasteiger partial charge in [-0.2, -0.15) is 0 Å². The highest BCUT2D eigenvalue weighted by molar-refractivity contribution is 5.76. The minimum absolute atomic E-state index is 0.0511. The number of carbonyl (C=O) groups excluding carboxylic acids is 1. The van der Waals surface area contributed by atoms with E-state index in [1.165, 1.54) is 0 Å². The molecule has 0 aliphatic rings. The van der Waals surface area contributed by atoms with E-state index in [4.69, 9.17) is 10.8 Å². The van der Waals surface area contributed by atoms with Crippen molar-refractivity contribution in [2.45, 2.75) is 52.4 Å². The normalized spacial score (nSPS) is 12.4. The molecule has 0 heterocycles. The van der Waals surface area contributed by atoms with Crippen LogP contribution >= 0.6 is 0 Å². The van der Waals surface area contributed by atoms with E-state index in [0.717, 1.165) is 38.6 Å². The minimum Gasteiger partial charge on any atom is -0.395 e. The first kappa shape index (κ1) is 17.4. The molecule has 0 bridgehead atoms. The number of nitrogens with two attached hydrogens (primary N) is 1. The lowest BCUT2D eigenvalue weighted by Crippen LogP contribution is -2.34. The predicted octanol–water partition coefficient (Wildman–Crippen LogP) is 1.76. The molecule has 0 saturated carbocycles. The van der Waals surface area contributed by atoms with E-state index < -0.39 is 0 Å². The van der Waals surface area contributed by atoms with Gasteiger partial charge in [0.25, 0.3) is 0 Å². The summed E-state index contributed by atoms with van der Waals surface area (Å²) in [5, 5.41) is 8.98. The first-order valence-electron chi connectivity index (χ1n) is 7.28. The van der Waals surface area contributed by atoms with Crippen molar-refractivity contribution in [1.82, 2.24) is 4.90 Å². The molecule has 1 unspecified atom stereocenters. The van der Waals surface area contributed by atoms with Gasteiger partial charge in [-0.25, -0.2) is 0 Å². The number of nitrogens with zero attached hydrogens (tertiary/aromatic N) is 1. The van der Waals surface area contributed by atoms with E-state index in [9.17, 15) is 4.79 Å². The number of aliphatic hydroxyl groups is 1. The highest BCUT2D eigenvalue weighted by atomic mass is 16.3. The van der Waals surface area contributed by atoms with Crippen molar-refractivity contribution in [3.05, 3.63) is 0 Å². The van der Waals surface area contributed by atoms with E-state index >= 15 is 0 Å². The lowest BCUT2D eigenvalue weighted by molar-refractivity contribution is -0.132. The quantitative estimate of drug-likeness (QED) is 0.593. The molecular weight excluding hydrogens is 228 g/mol. The number of unbranched alkanes of at least 4 members (excludes halogenated alkanes) is 1. The summed E-state index contributed by atoms with van der Waals surface area (Å²) in [6.45, 7) is 6.23. The van der Waals surface area contributed by atoms with Crippen LogP contribution in [0.1, 0.15) is 52.4 Å². The topological polar surface area (TPSA) is 66.6 Å². The molecule has 0 aromatic heterocycles. The van der Waals surface area contributed by atoms with Crippen LogP contribution in [0, 0.1) is 5.92 Å². The highest BCUT2D eigenvalue weighted by Crippen LogP contribution is 2.15. The zero-order valence-electron chi connectivity index (χ0n) is 12.0. The maximum Gasteiger partial charge on any atom is 0.222 e. The fraction of sp³-hybridized carbons (Fsp3) is 0.929. The molecule has 0 saturated heterocycles. The Labute approximate surface area is 112 Å². The maximum absolute atomic E-state index is 12.0. The van der Waals surface area contributed by atoms with Crippen molar-refractivity contribution in [1.29, 1.82) is 0 Å². The molecule has 0 fully saturated rings. The SMILES string of the molecule is CCCCN(CCO)C(=O)CCC(CC)CCN. The van der Waals surface area contributed by atoms with Gasteiger partial charge < -0.3 is 15.7 Å². The largest absolute Gasteiger partial charge is 0.395 e. The van der Waals surface area contributed by atoms with Gasteiger partial charge in [0.15, 0.2) is 0 Å². The van der Waals surface area contributed by atoms with E-state index in [1.54, 1.807) is 4.90 Å². The molecule has 108 valence electrons. The van der Waals surface area contributed by atoms with E-state index in [-0.39, 0.29) is 12.5 Å². The summed E-state index contributed by atoms with van der Waals surface area (Å²) in [5.41, 5.74) is 5.56. The third-order valence-electron chi connectivity index (χ3n) is 3.42. The molecule has 0 rings (SSSR count). The van der Waals surface area contributed by atoms with E-state index in [1.807, 2.05) is 0 Å². The number of rotatable bonds is 11. The maximum atomic E-state index is 12.0. The van der Waals surface area contributed by atoms with Crippen molar-refractivity contribution < 1.29 is 9.90 Å². The molecule has 0 spiro atoms. The third-order valence-corrected chi connectivity index (χ3v) is 3.42. The van der Waals surface area contributed by atoms with Crippen LogP contribution in [0.5, 0.6) is 0 Å². The second kappa shape index (κ2) is 11.5. The highest BCUT2D eigenvalue weighted by Gasteiger charge is 2.14. The molecule has 0 aliphatic heterocycles. The average Bonchev–Trinajstić information content (AvgIpc) is 2.39. The van der Waals surface area contributed by atoms with Crippen molar-refractivity contribution >= 4 is 5.91 Å². The molecule has 0 aliphatic carbocycles. The Hall–Kier alpha value is -0.610. The van der Waals surface area contributed by atoms with E-state index in [0.29, 0.717) is 25.4 Å². The van der Waals surface area contributed by atoms with Gasteiger partial charge in [-0.1, -0.05) is 26.7 Å². The van der Waals surface area contributed by atoms with Gasteiger partial charge in [-0.3, -0.25) is 4.79 Å². The lowest BCUT2D eigenvalue weighted by Gasteiger charge is -2.22. The minimum atomic E-state index is 0.0511. The first-order chi connectivity index (χ1) is 8.69. The van der Waals surface area contributed by atoms with Crippen LogP contribution in [0.4, 0.5) is 0 Å². The summed E-state index contributed by atoms with van der Waals surface area (Å²) in [5.74, 6) is 0.731. The Morgan fingerprint density at radius 3 is 2.50 bits per heavy atom. The van der Waals surface area contributed by atoms with Crippen LogP contribution < -0.4 is 5.73 Å². The smallest absolute Gasteiger partial charge is 0.222 e. The Morgan fingerprint density at radius 1 is 1.28 bits per heavy atom. The number of hydrogen-bond donors (Lipinski definition) is 2. The second-order valence-corrected chi connectivity index (χ2v) is 4.85. The Kier molecular flexibility index (Phi) is 11.1. The fourth-order valence-electron chi connectivity index (χ4n) is 2.10. The van der Waals surface area contributed by atoms with Crippen LogP contribution in [0.15, 0.2) is 0 Å². The molecule has 1 atom stereocenters. The Balaban J connectivity index is 4.06. The Morgan fingerprint density at radius 2 is 2.00 bits per heavy atom. The predicted molar refractivity (Wildman–Crippen MR) is 75.3 cm³/mol. The molecule has 18 heavy (non-hydrogen) atoms.